The summed E-state index contributed by atoms with van der Waals surface area (Å²) in [5.41, 5.74) is 13.2. The first-order valence-corrected chi connectivity index (χ1v) is 17.1. The Bertz CT molecular complexity index is 1380. The Morgan fingerprint density at radius 2 is 1.19 bits per heavy atom. The Kier molecular flexibility index (Phi) is 9.92. The van der Waals surface area contributed by atoms with Crippen LogP contribution in [0.5, 0.6) is 0 Å². The van der Waals surface area contributed by atoms with Crippen molar-refractivity contribution < 1.29 is 0 Å². The molecule has 0 radical (unpaired) electrons. The predicted molar refractivity (Wildman–Crippen MR) is 184 cm³/mol. The van der Waals surface area contributed by atoms with Crippen molar-refractivity contribution in [2.24, 2.45) is 0 Å². The standard InChI is InChI=1S/C42H54/c1-6-8-10-12-14-26-42(27-15-13-11-9-7-2)39-30-35(34-18-16-32(3)17-19-34)20-22-37(39)38-23-21-36(31-40(38)42)41(5)28-24-33(4)25-29-41/h16-25,28,30-31H,6-15,26-27,29H2,1-5H3. The van der Waals surface area contributed by atoms with Crippen LogP contribution in [0.15, 0.2) is 84.5 Å². The lowest BCUT2D eigenvalue weighted by Gasteiger charge is -2.35. The maximum Gasteiger partial charge on any atom is 0.0215 e. The largest absolute Gasteiger partial charge is 0.0804 e. The van der Waals surface area contributed by atoms with Crippen LogP contribution in [0.25, 0.3) is 22.3 Å². The fourth-order valence-electron chi connectivity index (χ4n) is 7.54. The molecule has 0 heterocycles. The molecule has 1 atom stereocenters. The first-order valence-electron chi connectivity index (χ1n) is 17.1. The zero-order chi connectivity index (χ0) is 29.6. The third-order valence-corrected chi connectivity index (χ3v) is 10.4. The highest BCUT2D eigenvalue weighted by Crippen LogP contribution is 2.56. The maximum atomic E-state index is 2.65. The van der Waals surface area contributed by atoms with Gasteiger partial charge in [-0.2, -0.15) is 0 Å². The first-order chi connectivity index (χ1) is 20.4. The van der Waals surface area contributed by atoms with Crippen LogP contribution in [0.3, 0.4) is 0 Å². The molecule has 0 N–H and O–H groups in total. The van der Waals surface area contributed by atoms with Gasteiger partial charge in [-0.05, 0) is 78.1 Å². The first kappa shape index (κ1) is 30.6. The molecule has 0 saturated carbocycles. The predicted octanol–water partition coefficient (Wildman–Crippen LogP) is 12.8. The molecule has 1 unspecified atom stereocenters. The summed E-state index contributed by atoms with van der Waals surface area (Å²) in [6.45, 7) is 11.5. The number of aryl methyl sites for hydroxylation is 1. The van der Waals surface area contributed by atoms with Crippen LogP contribution in [0.1, 0.15) is 133 Å². The molecule has 0 spiro atoms. The Morgan fingerprint density at radius 3 is 1.79 bits per heavy atom. The molecule has 3 aromatic rings. The molecule has 0 saturated heterocycles. The highest BCUT2D eigenvalue weighted by atomic mass is 14.5. The zero-order valence-corrected chi connectivity index (χ0v) is 27.2. The van der Waals surface area contributed by atoms with Crippen molar-refractivity contribution in [2.45, 2.75) is 129 Å². The molecule has 2 aliphatic carbocycles. The third-order valence-electron chi connectivity index (χ3n) is 10.4. The van der Waals surface area contributed by atoms with Crippen molar-refractivity contribution in [3.8, 4) is 22.3 Å². The monoisotopic (exact) mass is 558 g/mol. The molecule has 0 aromatic heterocycles. The van der Waals surface area contributed by atoms with Crippen molar-refractivity contribution in [3.05, 3.63) is 107 Å². The van der Waals surface area contributed by atoms with E-state index in [1.54, 1.807) is 11.1 Å². The molecule has 3 aromatic carbocycles. The molecule has 0 nitrogen and oxygen atoms in total. The number of allylic oxidation sites excluding steroid dienone is 4. The molecule has 5 rings (SSSR count). The van der Waals surface area contributed by atoms with Crippen LogP contribution in [-0.2, 0) is 10.8 Å². The van der Waals surface area contributed by atoms with Crippen LogP contribution in [0, 0.1) is 6.92 Å². The highest BCUT2D eigenvalue weighted by Gasteiger charge is 2.43. The molecular weight excluding hydrogens is 504 g/mol. The molecular formula is C42H54. The number of hydrogen-bond donors (Lipinski definition) is 0. The van der Waals surface area contributed by atoms with Crippen molar-refractivity contribution >= 4 is 0 Å². The van der Waals surface area contributed by atoms with Crippen LogP contribution in [-0.4, -0.2) is 0 Å². The summed E-state index contributed by atoms with van der Waals surface area (Å²) >= 11 is 0. The number of benzene rings is 3. The SMILES string of the molecule is CCCCCCCC1(CCCCCCC)c2cc(-c3ccc(C)cc3)ccc2-c2ccc(C3(C)C=CC(C)=CC3)cc21. The van der Waals surface area contributed by atoms with Crippen LogP contribution in [0.4, 0.5) is 0 Å². The van der Waals surface area contributed by atoms with Crippen molar-refractivity contribution in [3.63, 3.8) is 0 Å². The smallest absolute Gasteiger partial charge is 0.0215 e. The lowest BCUT2D eigenvalue weighted by atomic mass is 9.68. The minimum Gasteiger partial charge on any atom is -0.0804 e. The van der Waals surface area contributed by atoms with Crippen LogP contribution in [0.2, 0.25) is 0 Å². The van der Waals surface area contributed by atoms with Gasteiger partial charge in [0.2, 0.25) is 0 Å². The van der Waals surface area contributed by atoms with Crippen molar-refractivity contribution in [1.82, 2.24) is 0 Å². The fraction of sp³-hybridized carbons (Fsp3) is 0.476. The summed E-state index contributed by atoms with van der Waals surface area (Å²) in [5.74, 6) is 0. The van der Waals surface area contributed by atoms with Gasteiger partial charge in [-0.15, -0.1) is 0 Å². The molecule has 0 bridgehead atoms. The Morgan fingerprint density at radius 1 is 0.619 bits per heavy atom. The Labute approximate surface area is 257 Å². The summed E-state index contributed by atoms with van der Waals surface area (Å²) in [5, 5.41) is 0. The van der Waals surface area contributed by atoms with E-state index >= 15 is 0 Å². The average molecular weight is 559 g/mol. The number of hydrogen-bond acceptors (Lipinski definition) is 0. The maximum absolute atomic E-state index is 2.65. The van der Waals surface area contributed by atoms with E-state index in [2.05, 4.69) is 114 Å². The van der Waals surface area contributed by atoms with Gasteiger partial charge in [-0.1, -0.05) is 169 Å². The van der Waals surface area contributed by atoms with Gasteiger partial charge in [0.05, 0.1) is 0 Å². The molecule has 42 heavy (non-hydrogen) atoms. The molecule has 2 aliphatic rings. The lowest BCUT2D eigenvalue weighted by molar-refractivity contribution is 0.398. The Balaban J connectivity index is 1.60. The number of fused-ring (bicyclic) bond motifs is 3. The molecule has 0 aliphatic heterocycles. The van der Waals surface area contributed by atoms with E-state index in [0.717, 1.165) is 6.42 Å². The summed E-state index contributed by atoms with van der Waals surface area (Å²) in [7, 11) is 0. The van der Waals surface area contributed by atoms with Crippen LogP contribution >= 0.6 is 0 Å². The molecule has 0 amide bonds. The third kappa shape index (κ3) is 6.39. The van der Waals surface area contributed by atoms with E-state index in [9.17, 15) is 0 Å². The number of unbranched alkanes of at least 4 members (excludes halogenated alkanes) is 8. The molecule has 0 fully saturated rings. The van der Waals surface area contributed by atoms with Gasteiger partial charge in [0.1, 0.15) is 0 Å². The second-order valence-electron chi connectivity index (χ2n) is 13.7. The van der Waals surface area contributed by atoms with E-state index in [4.69, 9.17) is 0 Å². The summed E-state index contributed by atoms with van der Waals surface area (Å²) < 4.78 is 0. The minimum absolute atomic E-state index is 0.0599. The quantitative estimate of drug-likeness (QED) is 0.173. The summed E-state index contributed by atoms with van der Waals surface area (Å²) in [6.07, 6.45) is 24.2. The van der Waals surface area contributed by atoms with E-state index in [-0.39, 0.29) is 10.8 Å². The van der Waals surface area contributed by atoms with Gasteiger partial charge in [0.15, 0.2) is 0 Å². The van der Waals surface area contributed by atoms with Gasteiger partial charge in [-0.3, -0.25) is 0 Å². The normalized spacial score (nSPS) is 18.5. The van der Waals surface area contributed by atoms with E-state index in [0.29, 0.717) is 0 Å². The highest BCUT2D eigenvalue weighted by molar-refractivity contribution is 5.84. The van der Waals surface area contributed by atoms with Crippen LogP contribution < -0.4 is 0 Å². The molecule has 0 heteroatoms. The van der Waals surface area contributed by atoms with E-state index in [1.165, 1.54) is 116 Å². The van der Waals surface area contributed by atoms with Gasteiger partial charge in [0.25, 0.3) is 0 Å². The molecule has 222 valence electrons. The zero-order valence-electron chi connectivity index (χ0n) is 27.2. The average Bonchev–Trinajstić information content (AvgIpc) is 3.27. The second-order valence-corrected chi connectivity index (χ2v) is 13.7. The topological polar surface area (TPSA) is 0 Å². The second kappa shape index (κ2) is 13.6. The Hall–Kier alpha value is -2.86. The lowest BCUT2D eigenvalue weighted by Crippen LogP contribution is -2.27. The summed E-state index contributed by atoms with van der Waals surface area (Å²) in [6, 6.07) is 24.1. The van der Waals surface area contributed by atoms with Gasteiger partial charge in [-0.25, -0.2) is 0 Å². The van der Waals surface area contributed by atoms with Gasteiger partial charge >= 0.3 is 0 Å². The summed E-state index contributed by atoms with van der Waals surface area (Å²) in [4.78, 5) is 0. The van der Waals surface area contributed by atoms with E-state index < -0.39 is 0 Å². The number of rotatable bonds is 14. The van der Waals surface area contributed by atoms with E-state index in [1.807, 2.05) is 0 Å². The van der Waals surface area contributed by atoms with Crippen molar-refractivity contribution in [2.75, 3.05) is 0 Å². The van der Waals surface area contributed by atoms with Gasteiger partial charge in [0, 0.05) is 10.8 Å². The van der Waals surface area contributed by atoms with Crippen molar-refractivity contribution in [1.29, 1.82) is 0 Å². The fourth-order valence-corrected chi connectivity index (χ4v) is 7.54. The minimum atomic E-state index is 0.0599. The van der Waals surface area contributed by atoms with Gasteiger partial charge < -0.3 is 0 Å².